The molecule has 1 aliphatic rings. The second-order valence-electron chi connectivity index (χ2n) is 7.94. The molecular weight excluding hydrogens is 364 g/mol. The van der Waals surface area contributed by atoms with Crippen LogP contribution in [0.15, 0.2) is 30.3 Å². The van der Waals surface area contributed by atoms with Gasteiger partial charge in [-0.3, -0.25) is 0 Å². The highest BCUT2D eigenvalue weighted by molar-refractivity contribution is 5.84. The average Bonchev–Trinajstić information content (AvgIpc) is 2.72. The lowest BCUT2D eigenvalue weighted by molar-refractivity contribution is -0.157. The molecule has 1 atom stereocenters. The molecule has 4 nitrogen and oxygen atoms in total. The summed E-state index contributed by atoms with van der Waals surface area (Å²) in [7, 11) is 1.42. The zero-order valence-corrected chi connectivity index (χ0v) is 18.2. The van der Waals surface area contributed by atoms with Crippen LogP contribution >= 0.6 is 0 Å². The number of fused-ring (bicyclic) bond motifs is 1. The summed E-state index contributed by atoms with van der Waals surface area (Å²) in [5.41, 5.74) is 6.60. The Morgan fingerprint density at radius 2 is 2.00 bits per heavy atom. The molecule has 0 aliphatic carbocycles. The van der Waals surface area contributed by atoms with E-state index in [0.29, 0.717) is 0 Å². The minimum absolute atomic E-state index is 0.0990. The third-order valence-corrected chi connectivity index (χ3v) is 5.35. The maximum atomic E-state index is 12.7. The van der Waals surface area contributed by atoms with E-state index in [1.165, 1.54) is 18.2 Å². The number of esters is 1. The molecule has 0 amide bonds. The van der Waals surface area contributed by atoms with Crippen LogP contribution in [0.4, 0.5) is 0 Å². The van der Waals surface area contributed by atoms with Gasteiger partial charge in [0, 0.05) is 5.56 Å². The monoisotopic (exact) mass is 396 g/mol. The zero-order chi connectivity index (χ0) is 21.0. The maximum Gasteiger partial charge on any atom is 0.339 e. The lowest BCUT2D eigenvalue weighted by Gasteiger charge is -2.26. The Morgan fingerprint density at radius 1 is 1.21 bits per heavy atom. The summed E-state index contributed by atoms with van der Waals surface area (Å²) in [4.78, 5) is 12.7. The quantitative estimate of drug-likeness (QED) is 0.573. The van der Waals surface area contributed by atoms with Crippen molar-refractivity contribution < 1.29 is 19.0 Å². The highest BCUT2D eigenvalue weighted by atomic mass is 16.6. The second-order valence-corrected chi connectivity index (χ2v) is 7.94. The molecule has 1 heterocycles. The van der Waals surface area contributed by atoms with E-state index in [0.717, 1.165) is 60.3 Å². The number of hydrogen-bond acceptors (Lipinski definition) is 4. The first kappa shape index (κ1) is 21.4. The number of methoxy groups -OCH3 is 1. The first-order valence-electron chi connectivity index (χ1n) is 10.6. The van der Waals surface area contributed by atoms with Crippen molar-refractivity contribution in [2.75, 3.05) is 13.7 Å². The molecule has 1 aliphatic heterocycles. The summed E-state index contributed by atoms with van der Waals surface area (Å²) in [5.74, 6) is 0.604. The fraction of sp³-hybridized carbons (Fsp3) is 0.480. The molecule has 29 heavy (non-hydrogen) atoms. The molecule has 0 radical (unpaired) electrons. The van der Waals surface area contributed by atoms with E-state index in [1.54, 1.807) is 0 Å². The fourth-order valence-electron chi connectivity index (χ4n) is 4.06. The number of carbonyl (C=O) groups excluding carboxylic acids is 1. The summed E-state index contributed by atoms with van der Waals surface area (Å²) < 4.78 is 17.0. The Bertz CT molecular complexity index is 869. The van der Waals surface area contributed by atoms with Gasteiger partial charge in [0.25, 0.3) is 0 Å². The van der Waals surface area contributed by atoms with Gasteiger partial charge < -0.3 is 14.2 Å². The molecule has 0 aromatic heterocycles. The maximum absolute atomic E-state index is 12.7. The van der Waals surface area contributed by atoms with Gasteiger partial charge in [-0.05, 0) is 80.0 Å². The van der Waals surface area contributed by atoms with Crippen LogP contribution in [0.5, 0.6) is 5.75 Å². The third-order valence-electron chi connectivity index (χ3n) is 5.35. The van der Waals surface area contributed by atoms with Gasteiger partial charge in [-0.1, -0.05) is 31.5 Å². The summed E-state index contributed by atoms with van der Waals surface area (Å²) >= 11 is 0. The van der Waals surface area contributed by atoms with Gasteiger partial charge in [-0.25, -0.2) is 4.79 Å². The van der Waals surface area contributed by atoms with Crippen molar-refractivity contribution >= 4 is 5.97 Å². The Balaban J connectivity index is 2.23. The van der Waals surface area contributed by atoms with Crippen LogP contribution in [-0.2, 0) is 27.1 Å². The van der Waals surface area contributed by atoms with Crippen LogP contribution in [0, 0.1) is 6.92 Å². The van der Waals surface area contributed by atoms with Gasteiger partial charge in [0.15, 0.2) is 6.10 Å². The van der Waals surface area contributed by atoms with Crippen LogP contribution in [0.25, 0.3) is 11.1 Å². The highest BCUT2D eigenvalue weighted by Crippen LogP contribution is 2.39. The van der Waals surface area contributed by atoms with Gasteiger partial charge in [-0.15, -0.1) is 0 Å². The van der Waals surface area contributed by atoms with Crippen LogP contribution in [0.3, 0.4) is 0 Å². The van der Waals surface area contributed by atoms with Crippen LogP contribution in [0.2, 0.25) is 0 Å². The predicted octanol–water partition coefficient (Wildman–Crippen LogP) is 5.58. The molecule has 2 aromatic carbocycles. The van der Waals surface area contributed by atoms with Gasteiger partial charge >= 0.3 is 5.97 Å². The summed E-state index contributed by atoms with van der Waals surface area (Å²) in [6.45, 7) is 8.87. The number of rotatable bonds is 7. The molecule has 156 valence electrons. The van der Waals surface area contributed by atoms with Crippen molar-refractivity contribution in [3.05, 3.63) is 52.6 Å². The molecule has 0 bridgehead atoms. The molecule has 0 saturated heterocycles. The molecule has 0 fully saturated rings. The van der Waals surface area contributed by atoms with Gasteiger partial charge in [-0.2, -0.15) is 0 Å². The zero-order valence-electron chi connectivity index (χ0n) is 18.2. The summed E-state index contributed by atoms with van der Waals surface area (Å²) in [6, 6.07) is 10.6. The molecular formula is C25H32O4. The number of aryl methyl sites for hydroxylation is 3. The number of benzene rings is 2. The second kappa shape index (κ2) is 9.45. The van der Waals surface area contributed by atoms with E-state index in [1.807, 2.05) is 20.8 Å². The van der Waals surface area contributed by atoms with Crippen LogP contribution in [0.1, 0.15) is 62.0 Å². The Hall–Kier alpha value is -2.33. The largest absolute Gasteiger partial charge is 0.493 e. The van der Waals surface area contributed by atoms with Crippen molar-refractivity contribution in [2.45, 2.75) is 65.6 Å². The molecule has 0 spiro atoms. The Kier molecular flexibility index (Phi) is 6.96. The van der Waals surface area contributed by atoms with Gasteiger partial charge in [0.2, 0.25) is 0 Å². The lowest BCUT2D eigenvalue weighted by Crippen LogP contribution is -2.23. The first-order valence-corrected chi connectivity index (χ1v) is 10.6. The van der Waals surface area contributed by atoms with E-state index < -0.39 is 6.10 Å². The Labute approximate surface area is 174 Å². The first-order chi connectivity index (χ1) is 14.0. The molecule has 2 aromatic rings. The average molecular weight is 397 g/mol. The molecule has 1 unspecified atom stereocenters. The van der Waals surface area contributed by atoms with E-state index in [4.69, 9.17) is 14.2 Å². The van der Waals surface area contributed by atoms with Crippen LogP contribution < -0.4 is 4.74 Å². The predicted molar refractivity (Wildman–Crippen MR) is 115 cm³/mol. The summed E-state index contributed by atoms with van der Waals surface area (Å²) in [6.07, 6.45) is 3.15. The minimum atomic E-state index is -0.751. The van der Waals surface area contributed by atoms with E-state index in [-0.39, 0.29) is 12.1 Å². The van der Waals surface area contributed by atoms with E-state index in [9.17, 15) is 4.79 Å². The van der Waals surface area contributed by atoms with Gasteiger partial charge in [0.05, 0.1) is 19.8 Å². The minimum Gasteiger partial charge on any atom is -0.493 e. The number of carbonyl (C=O) groups is 1. The van der Waals surface area contributed by atoms with Crippen LogP contribution in [-0.4, -0.2) is 25.8 Å². The molecule has 4 heteroatoms. The van der Waals surface area contributed by atoms with Crippen molar-refractivity contribution in [3.8, 4) is 16.9 Å². The van der Waals surface area contributed by atoms with Crippen molar-refractivity contribution in [1.29, 1.82) is 0 Å². The normalized spacial score (nSPS) is 14.3. The SMILES string of the molecule is CCCc1ccc(C)c(C(OC(C)C)C(=O)OC)c1-c1ccc2c(c1)CCCO2. The van der Waals surface area contributed by atoms with E-state index >= 15 is 0 Å². The van der Waals surface area contributed by atoms with Gasteiger partial charge in [0.1, 0.15) is 5.75 Å². The highest BCUT2D eigenvalue weighted by Gasteiger charge is 2.30. The summed E-state index contributed by atoms with van der Waals surface area (Å²) in [5, 5.41) is 0. The lowest BCUT2D eigenvalue weighted by atomic mass is 9.85. The fourth-order valence-corrected chi connectivity index (χ4v) is 4.06. The number of ether oxygens (including phenoxy) is 3. The Morgan fingerprint density at radius 3 is 2.69 bits per heavy atom. The smallest absolute Gasteiger partial charge is 0.339 e. The van der Waals surface area contributed by atoms with Crippen molar-refractivity contribution in [1.82, 2.24) is 0 Å². The molecule has 3 rings (SSSR count). The third kappa shape index (κ3) is 4.64. The van der Waals surface area contributed by atoms with Crippen molar-refractivity contribution in [2.24, 2.45) is 0 Å². The molecule has 0 saturated carbocycles. The topological polar surface area (TPSA) is 44.8 Å². The molecule has 0 N–H and O–H groups in total. The van der Waals surface area contributed by atoms with E-state index in [2.05, 4.69) is 37.3 Å². The standard InChI is InChI=1S/C25H32O4/c1-6-8-18-11-10-17(4)22(24(25(26)27-5)29-16(2)3)23(18)20-12-13-21-19(15-20)9-7-14-28-21/h10-13,15-16,24H,6-9,14H2,1-5H3. The van der Waals surface area contributed by atoms with Crippen molar-refractivity contribution in [3.63, 3.8) is 0 Å². The number of hydrogen-bond donors (Lipinski definition) is 0.